The van der Waals surface area contributed by atoms with Gasteiger partial charge in [-0.3, -0.25) is 0 Å². The highest BCUT2D eigenvalue weighted by Gasteiger charge is 2.26. The van der Waals surface area contributed by atoms with Crippen molar-refractivity contribution in [3.8, 4) is 0 Å². The molecule has 0 spiro atoms. The molecule has 0 aliphatic heterocycles. The van der Waals surface area contributed by atoms with E-state index in [1.54, 1.807) is 12.3 Å². The first-order valence-corrected chi connectivity index (χ1v) is 9.67. The smallest absolute Gasteiger partial charge is 0.246 e. The number of nitrogens with one attached hydrogen (secondary N) is 1. The van der Waals surface area contributed by atoms with Crippen molar-refractivity contribution in [2.24, 2.45) is 0 Å². The van der Waals surface area contributed by atoms with Crippen molar-refractivity contribution in [3.05, 3.63) is 94.8 Å². The molecule has 0 saturated heterocycles. The number of aromatic nitrogens is 1. The van der Waals surface area contributed by atoms with E-state index < -0.39 is 10.0 Å². The molecule has 1 aromatic heterocycles. The topological polar surface area (TPSA) is 53.2 Å². The van der Waals surface area contributed by atoms with Crippen LogP contribution in [0.2, 0.25) is 0 Å². The SMILES string of the molecule is O=S(=O)(c1c[nH]ccc1=S)N(Cc1ccccc1)Cc1ccccc1. The standard InChI is InChI=1S/C19H18N2O2S2/c22-25(23,19-13-20-12-11-18(19)24)21(14-16-7-3-1-4-8-16)15-17-9-5-2-6-10-17/h1-13H,14-15H2,(H,20,24). The van der Waals surface area contributed by atoms with E-state index in [4.69, 9.17) is 12.2 Å². The lowest BCUT2D eigenvalue weighted by Crippen LogP contribution is -2.30. The summed E-state index contributed by atoms with van der Waals surface area (Å²) in [5, 5.41) is 0. The van der Waals surface area contributed by atoms with Crippen LogP contribution in [0.25, 0.3) is 0 Å². The number of pyridine rings is 1. The summed E-state index contributed by atoms with van der Waals surface area (Å²) >= 11 is 5.22. The fourth-order valence-electron chi connectivity index (χ4n) is 2.54. The predicted octanol–water partition coefficient (Wildman–Crippen LogP) is 4.14. The molecule has 25 heavy (non-hydrogen) atoms. The maximum atomic E-state index is 13.2. The average Bonchev–Trinajstić information content (AvgIpc) is 2.63. The third kappa shape index (κ3) is 4.22. The molecule has 1 heterocycles. The van der Waals surface area contributed by atoms with Crippen LogP contribution in [0.4, 0.5) is 0 Å². The van der Waals surface area contributed by atoms with Crippen LogP contribution in [0, 0.1) is 4.51 Å². The van der Waals surface area contributed by atoms with Gasteiger partial charge in [0.15, 0.2) is 0 Å². The Bertz CT molecular complexity index is 943. The van der Waals surface area contributed by atoms with Crippen molar-refractivity contribution in [2.45, 2.75) is 18.0 Å². The van der Waals surface area contributed by atoms with Crippen molar-refractivity contribution in [1.82, 2.24) is 9.29 Å². The summed E-state index contributed by atoms with van der Waals surface area (Å²) in [6.07, 6.45) is 3.07. The molecule has 0 amide bonds. The molecular formula is C19H18N2O2S2. The highest BCUT2D eigenvalue weighted by atomic mass is 32.2. The van der Waals surface area contributed by atoms with Crippen molar-refractivity contribution in [1.29, 1.82) is 0 Å². The van der Waals surface area contributed by atoms with Gasteiger partial charge < -0.3 is 4.98 Å². The predicted molar refractivity (Wildman–Crippen MR) is 101 cm³/mol. The lowest BCUT2D eigenvalue weighted by Gasteiger charge is -2.22. The number of sulfonamides is 1. The Morgan fingerprint density at radius 2 is 1.36 bits per heavy atom. The molecule has 0 fully saturated rings. The van der Waals surface area contributed by atoms with E-state index in [9.17, 15) is 8.42 Å². The Hall–Kier alpha value is -2.28. The molecule has 0 unspecified atom stereocenters. The molecule has 3 rings (SSSR count). The highest BCUT2D eigenvalue weighted by molar-refractivity contribution is 7.89. The van der Waals surface area contributed by atoms with Crippen molar-refractivity contribution in [2.75, 3.05) is 0 Å². The van der Waals surface area contributed by atoms with Gasteiger partial charge in [-0.05, 0) is 17.2 Å². The normalized spacial score (nSPS) is 11.6. The Morgan fingerprint density at radius 3 is 1.84 bits per heavy atom. The number of benzene rings is 2. The first kappa shape index (κ1) is 17.5. The maximum absolute atomic E-state index is 13.2. The number of hydrogen-bond acceptors (Lipinski definition) is 3. The first-order valence-electron chi connectivity index (χ1n) is 7.82. The number of rotatable bonds is 6. The fraction of sp³-hybridized carbons (Fsp3) is 0.105. The minimum atomic E-state index is -3.73. The summed E-state index contributed by atoms with van der Waals surface area (Å²) in [5.41, 5.74) is 1.85. The number of nitrogens with zero attached hydrogens (tertiary/aromatic N) is 1. The Labute approximate surface area is 152 Å². The van der Waals surface area contributed by atoms with Crippen molar-refractivity contribution in [3.63, 3.8) is 0 Å². The average molecular weight is 370 g/mol. The molecule has 128 valence electrons. The summed E-state index contributed by atoms with van der Waals surface area (Å²) in [5.74, 6) is 0. The van der Waals surface area contributed by atoms with Gasteiger partial charge in [0.25, 0.3) is 0 Å². The Kier molecular flexibility index (Phi) is 5.43. The largest absolute Gasteiger partial charge is 0.366 e. The van der Waals surface area contributed by atoms with Gasteiger partial charge in [0.1, 0.15) is 4.90 Å². The molecule has 0 radical (unpaired) electrons. The van der Waals surface area contributed by atoms with Crippen LogP contribution in [0.15, 0.2) is 84.0 Å². The van der Waals surface area contributed by atoms with Gasteiger partial charge in [-0.15, -0.1) is 0 Å². The zero-order valence-corrected chi connectivity index (χ0v) is 15.1. The van der Waals surface area contributed by atoms with Crippen LogP contribution in [0.1, 0.15) is 11.1 Å². The monoisotopic (exact) mass is 370 g/mol. The van der Waals surface area contributed by atoms with E-state index in [0.29, 0.717) is 4.51 Å². The van der Waals surface area contributed by atoms with E-state index in [1.807, 2.05) is 60.7 Å². The van der Waals surface area contributed by atoms with Gasteiger partial charge in [0.05, 0.1) is 4.51 Å². The molecule has 0 aliphatic carbocycles. The molecule has 0 saturated carbocycles. The fourth-order valence-corrected chi connectivity index (χ4v) is 4.44. The first-order chi connectivity index (χ1) is 12.1. The zero-order chi connectivity index (χ0) is 17.7. The van der Waals surface area contributed by atoms with Gasteiger partial charge in [0.2, 0.25) is 10.0 Å². The van der Waals surface area contributed by atoms with Gasteiger partial charge in [-0.25, -0.2) is 8.42 Å². The van der Waals surface area contributed by atoms with Gasteiger partial charge in [-0.2, -0.15) is 4.31 Å². The summed E-state index contributed by atoms with van der Waals surface area (Å²) in [6.45, 7) is 0.559. The van der Waals surface area contributed by atoms with Gasteiger partial charge in [-0.1, -0.05) is 72.9 Å². The second-order valence-corrected chi connectivity index (χ2v) is 7.96. The lowest BCUT2D eigenvalue weighted by molar-refractivity contribution is 0.401. The summed E-state index contributed by atoms with van der Waals surface area (Å²) in [6, 6.07) is 20.7. The van der Waals surface area contributed by atoms with Crippen LogP contribution in [-0.4, -0.2) is 17.7 Å². The van der Waals surface area contributed by atoms with Gasteiger partial charge >= 0.3 is 0 Å². The molecule has 2 aromatic carbocycles. The molecule has 6 heteroatoms. The van der Waals surface area contributed by atoms with Crippen molar-refractivity contribution < 1.29 is 8.42 Å². The van der Waals surface area contributed by atoms with Crippen LogP contribution in [-0.2, 0) is 23.1 Å². The minimum absolute atomic E-state index is 0.122. The highest BCUT2D eigenvalue weighted by Crippen LogP contribution is 2.21. The molecule has 0 bridgehead atoms. The summed E-state index contributed by atoms with van der Waals surface area (Å²) in [7, 11) is -3.73. The third-order valence-corrected chi connectivity index (χ3v) is 6.13. The second-order valence-electron chi connectivity index (χ2n) is 5.62. The Morgan fingerprint density at radius 1 is 0.840 bits per heavy atom. The number of H-pyrrole nitrogens is 1. The Balaban J connectivity index is 2.01. The van der Waals surface area contributed by atoms with E-state index in [0.717, 1.165) is 11.1 Å². The number of hydrogen-bond donors (Lipinski definition) is 1. The quantitative estimate of drug-likeness (QED) is 0.664. The van der Waals surface area contributed by atoms with Crippen LogP contribution >= 0.6 is 12.2 Å². The van der Waals surface area contributed by atoms with Crippen LogP contribution in [0.5, 0.6) is 0 Å². The molecule has 0 atom stereocenters. The summed E-state index contributed by atoms with van der Waals surface area (Å²) < 4.78 is 28.2. The maximum Gasteiger partial charge on any atom is 0.246 e. The third-order valence-electron chi connectivity index (χ3n) is 3.81. The molecule has 1 N–H and O–H groups in total. The van der Waals surface area contributed by atoms with Crippen LogP contribution < -0.4 is 0 Å². The zero-order valence-electron chi connectivity index (χ0n) is 13.5. The van der Waals surface area contributed by atoms with Gasteiger partial charge in [0, 0.05) is 25.5 Å². The lowest BCUT2D eigenvalue weighted by atomic mass is 10.2. The molecule has 4 nitrogen and oxygen atoms in total. The van der Waals surface area contributed by atoms with Crippen molar-refractivity contribution >= 4 is 22.2 Å². The summed E-state index contributed by atoms with van der Waals surface area (Å²) in [4.78, 5) is 2.94. The molecule has 0 aliphatic rings. The molecule has 3 aromatic rings. The number of aromatic amines is 1. The van der Waals surface area contributed by atoms with E-state index in [2.05, 4.69) is 4.98 Å². The second kappa shape index (κ2) is 7.74. The van der Waals surface area contributed by atoms with E-state index >= 15 is 0 Å². The minimum Gasteiger partial charge on any atom is -0.366 e. The van der Waals surface area contributed by atoms with E-state index in [1.165, 1.54) is 10.5 Å². The molecular weight excluding hydrogens is 352 g/mol. The van der Waals surface area contributed by atoms with E-state index in [-0.39, 0.29) is 18.0 Å². The van der Waals surface area contributed by atoms with Crippen LogP contribution in [0.3, 0.4) is 0 Å².